The van der Waals surface area contributed by atoms with Crippen LogP contribution in [0.5, 0.6) is 0 Å². The van der Waals surface area contributed by atoms with E-state index < -0.39 is 0 Å². The van der Waals surface area contributed by atoms with Crippen LogP contribution in [-0.2, 0) is 9.59 Å². The minimum atomic E-state index is 0.0651. The van der Waals surface area contributed by atoms with E-state index in [-0.39, 0.29) is 5.91 Å². The maximum atomic E-state index is 11.7. The van der Waals surface area contributed by atoms with Crippen LogP contribution in [0.2, 0.25) is 0 Å². The van der Waals surface area contributed by atoms with E-state index in [1.54, 1.807) is 11.9 Å². The van der Waals surface area contributed by atoms with Crippen LogP contribution in [0.1, 0.15) is 19.3 Å². The highest BCUT2D eigenvalue weighted by Crippen LogP contribution is 2.25. The zero-order valence-electron chi connectivity index (χ0n) is 10.1. The summed E-state index contributed by atoms with van der Waals surface area (Å²) < 4.78 is 0. The third kappa shape index (κ3) is 2.95. The Bertz CT molecular complexity index is 343. The molecule has 1 heterocycles. The van der Waals surface area contributed by atoms with Crippen LogP contribution in [0.25, 0.3) is 0 Å². The molecule has 0 aromatic heterocycles. The van der Waals surface area contributed by atoms with Crippen LogP contribution in [-0.4, -0.2) is 43.1 Å². The van der Waals surface area contributed by atoms with Crippen molar-refractivity contribution < 1.29 is 9.59 Å². The summed E-state index contributed by atoms with van der Waals surface area (Å²) in [5.74, 6) is 0.0651. The summed E-state index contributed by atoms with van der Waals surface area (Å²) >= 11 is 0. The first-order valence-corrected chi connectivity index (χ1v) is 5.35. The topological polar surface area (TPSA) is 40.6 Å². The molecule has 1 aliphatic rings. The monoisotopic (exact) mass is 222 g/mol. The molecule has 88 valence electrons. The van der Waals surface area contributed by atoms with Gasteiger partial charge in [0, 0.05) is 39.8 Å². The lowest BCUT2D eigenvalue weighted by atomic mass is 10.1. The van der Waals surface area contributed by atoms with Gasteiger partial charge in [0.2, 0.25) is 5.91 Å². The summed E-state index contributed by atoms with van der Waals surface area (Å²) in [4.78, 5) is 25.8. The standard InChI is InChI=1S/C12H18N2O2/c1-13(2)9-10-5-4-6-12(16)14(3)11(10)7-8-15/h7-9H,4-6H2,1-3H3/b10-9-,11-7+. The van der Waals surface area contributed by atoms with Crippen molar-refractivity contribution in [1.82, 2.24) is 9.80 Å². The second-order valence-corrected chi connectivity index (χ2v) is 4.11. The van der Waals surface area contributed by atoms with Crippen molar-refractivity contribution in [2.75, 3.05) is 21.1 Å². The minimum absolute atomic E-state index is 0.0651. The first kappa shape index (κ1) is 12.5. The number of amides is 1. The van der Waals surface area contributed by atoms with Crippen LogP contribution >= 0.6 is 0 Å². The molecule has 0 unspecified atom stereocenters. The van der Waals surface area contributed by atoms with Gasteiger partial charge >= 0.3 is 0 Å². The van der Waals surface area contributed by atoms with Gasteiger partial charge in [-0.05, 0) is 18.4 Å². The van der Waals surface area contributed by atoms with Gasteiger partial charge in [0.15, 0.2) is 0 Å². The zero-order valence-corrected chi connectivity index (χ0v) is 10.1. The van der Waals surface area contributed by atoms with Crippen LogP contribution in [0.3, 0.4) is 0 Å². The lowest BCUT2D eigenvalue weighted by Crippen LogP contribution is -2.25. The summed E-state index contributed by atoms with van der Waals surface area (Å²) in [5.41, 5.74) is 1.75. The number of likely N-dealkylation sites (tertiary alicyclic amines) is 1. The van der Waals surface area contributed by atoms with Crippen LogP contribution in [0.15, 0.2) is 23.5 Å². The Morgan fingerprint density at radius 1 is 1.31 bits per heavy atom. The van der Waals surface area contributed by atoms with E-state index in [1.165, 1.54) is 6.08 Å². The zero-order chi connectivity index (χ0) is 12.1. The molecule has 1 fully saturated rings. The highest BCUT2D eigenvalue weighted by molar-refractivity contribution is 5.81. The average Bonchev–Trinajstić information content (AvgIpc) is 2.33. The SMILES string of the molecule is CN(C)/C=C1/CCCC(=O)N(C)/C1=C/C=O. The molecule has 1 aliphatic heterocycles. The molecule has 0 atom stereocenters. The van der Waals surface area contributed by atoms with E-state index in [9.17, 15) is 9.59 Å². The van der Waals surface area contributed by atoms with Crippen molar-refractivity contribution in [3.05, 3.63) is 23.5 Å². The maximum absolute atomic E-state index is 11.7. The Hall–Kier alpha value is -1.58. The molecule has 0 radical (unpaired) electrons. The van der Waals surface area contributed by atoms with Crippen LogP contribution < -0.4 is 0 Å². The Morgan fingerprint density at radius 3 is 2.56 bits per heavy atom. The van der Waals surface area contributed by atoms with Gasteiger partial charge in [-0.2, -0.15) is 0 Å². The molecule has 0 bridgehead atoms. The Kier molecular flexibility index (Phi) is 4.28. The van der Waals surface area contributed by atoms with Gasteiger partial charge in [-0.1, -0.05) is 0 Å². The summed E-state index contributed by atoms with van der Waals surface area (Å²) in [6.07, 6.45) is 6.35. The predicted octanol–water partition coefficient (Wildman–Crippen LogP) is 1.16. The van der Waals surface area contributed by atoms with Crippen molar-refractivity contribution in [2.24, 2.45) is 0 Å². The summed E-state index contributed by atoms with van der Waals surface area (Å²) in [5, 5.41) is 0. The van der Waals surface area contributed by atoms with Crippen molar-refractivity contribution in [1.29, 1.82) is 0 Å². The van der Waals surface area contributed by atoms with Gasteiger partial charge in [-0.3, -0.25) is 9.59 Å². The lowest BCUT2D eigenvalue weighted by molar-refractivity contribution is -0.127. The molecular weight excluding hydrogens is 204 g/mol. The molecule has 0 aromatic carbocycles. The normalized spacial score (nSPS) is 22.4. The summed E-state index contributed by atoms with van der Waals surface area (Å²) in [6.45, 7) is 0. The minimum Gasteiger partial charge on any atom is -0.383 e. The lowest BCUT2D eigenvalue weighted by Gasteiger charge is -2.20. The number of carbonyl (C=O) groups is 2. The second-order valence-electron chi connectivity index (χ2n) is 4.11. The van der Waals surface area contributed by atoms with E-state index in [2.05, 4.69) is 0 Å². The van der Waals surface area contributed by atoms with E-state index in [0.29, 0.717) is 12.1 Å². The molecular formula is C12H18N2O2. The van der Waals surface area contributed by atoms with Gasteiger partial charge in [0.05, 0.1) is 5.70 Å². The number of hydrogen-bond acceptors (Lipinski definition) is 3. The third-order valence-corrected chi connectivity index (χ3v) is 2.54. The largest absolute Gasteiger partial charge is 0.383 e. The maximum Gasteiger partial charge on any atom is 0.226 e. The predicted molar refractivity (Wildman–Crippen MR) is 62.5 cm³/mol. The fourth-order valence-electron chi connectivity index (χ4n) is 1.80. The Labute approximate surface area is 96.2 Å². The molecule has 4 heteroatoms. The average molecular weight is 222 g/mol. The first-order chi connectivity index (χ1) is 7.56. The van der Waals surface area contributed by atoms with E-state index >= 15 is 0 Å². The highest BCUT2D eigenvalue weighted by atomic mass is 16.2. The van der Waals surface area contributed by atoms with Crippen molar-refractivity contribution in [3.8, 4) is 0 Å². The van der Waals surface area contributed by atoms with E-state index in [0.717, 1.165) is 24.7 Å². The summed E-state index contributed by atoms with van der Waals surface area (Å²) in [7, 11) is 5.57. The Balaban J connectivity index is 3.10. The summed E-state index contributed by atoms with van der Waals surface area (Å²) in [6, 6.07) is 0. The number of aldehydes is 1. The quantitative estimate of drug-likeness (QED) is 0.520. The number of allylic oxidation sites excluding steroid dienone is 2. The van der Waals surface area contributed by atoms with E-state index in [1.807, 2.05) is 25.2 Å². The molecule has 0 saturated carbocycles. The van der Waals surface area contributed by atoms with E-state index in [4.69, 9.17) is 0 Å². The van der Waals surface area contributed by atoms with Crippen molar-refractivity contribution in [3.63, 3.8) is 0 Å². The number of likely N-dealkylation sites (N-methyl/N-ethyl adjacent to an activating group) is 1. The van der Waals surface area contributed by atoms with Gasteiger partial charge in [0.1, 0.15) is 6.29 Å². The van der Waals surface area contributed by atoms with Gasteiger partial charge in [-0.25, -0.2) is 0 Å². The third-order valence-electron chi connectivity index (χ3n) is 2.54. The molecule has 0 aromatic rings. The highest BCUT2D eigenvalue weighted by Gasteiger charge is 2.20. The number of nitrogens with zero attached hydrogens (tertiary/aromatic N) is 2. The molecule has 1 rings (SSSR count). The molecule has 1 amide bonds. The van der Waals surface area contributed by atoms with Gasteiger partial charge in [0.25, 0.3) is 0 Å². The molecule has 0 aliphatic carbocycles. The molecule has 0 spiro atoms. The fraction of sp³-hybridized carbons (Fsp3) is 0.500. The number of carbonyl (C=O) groups excluding carboxylic acids is 2. The van der Waals surface area contributed by atoms with Crippen molar-refractivity contribution in [2.45, 2.75) is 19.3 Å². The molecule has 4 nitrogen and oxygen atoms in total. The number of rotatable bonds is 2. The fourth-order valence-corrected chi connectivity index (χ4v) is 1.80. The van der Waals surface area contributed by atoms with Crippen LogP contribution in [0, 0.1) is 0 Å². The molecule has 16 heavy (non-hydrogen) atoms. The molecule has 1 saturated heterocycles. The second kappa shape index (κ2) is 5.49. The smallest absolute Gasteiger partial charge is 0.226 e. The van der Waals surface area contributed by atoms with Crippen molar-refractivity contribution >= 4 is 12.2 Å². The number of hydrogen-bond donors (Lipinski definition) is 0. The van der Waals surface area contributed by atoms with Gasteiger partial charge in [-0.15, -0.1) is 0 Å². The van der Waals surface area contributed by atoms with Gasteiger partial charge < -0.3 is 9.80 Å². The van der Waals surface area contributed by atoms with Crippen LogP contribution in [0.4, 0.5) is 0 Å². The Morgan fingerprint density at radius 2 is 2.00 bits per heavy atom. The first-order valence-electron chi connectivity index (χ1n) is 5.35. The molecule has 0 N–H and O–H groups in total.